The van der Waals surface area contributed by atoms with Gasteiger partial charge in [-0.25, -0.2) is 4.79 Å². The van der Waals surface area contributed by atoms with Crippen LogP contribution in [0.25, 0.3) is 0 Å². The van der Waals surface area contributed by atoms with Crippen LogP contribution in [0, 0.1) is 0 Å². The van der Waals surface area contributed by atoms with Crippen molar-refractivity contribution in [2.45, 2.75) is 0 Å². The van der Waals surface area contributed by atoms with Gasteiger partial charge in [0.2, 0.25) is 0 Å². The van der Waals surface area contributed by atoms with E-state index in [0.717, 1.165) is 12.2 Å². The number of urea groups is 1. The standard InChI is InChI=1S/C11H16ClN3O/c1-15(2)8-7-13-11(16)14-10-5-3-9(12)4-6-10/h3-6H,7-8H2,1-2H3,(H2,13,14,16). The molecule has 0 aliphatic carbocycles. The molecule has 0 atom stereocenters. The van der Waals surface area contributed by atoms with E-state index in [0.29, 0.717) is 11.6 Å². The van der Waals surface area contributed by atoms with Gasteiger partial charge < -0.3 is 15.5 Å². The van der Waals surface area contributed by atoms with Crippen molar-refractivity contribution in [3.05, 3.63) is 29.3 Å². The van der Waals surface area contributed by atoms with Crippen molar-refractivity contribution in [2.24, 2.45) is 0 Å². The molecular weight excluding hydrogens is 226 g/mol. The van der Waals surface area contributed by atoms with E-state index in [2.05, 4.69) is 10.6 Å². The first-order valence-corrected chi connectivity index (χ1v) is 5.41. The number of carbonyl (C=O) groups excluding carboxylic acids is 1. The summed E-state index contributed by atoms with van der Waals surface area (Å²) in [6.07, 6.45) is 0. The molecule has 0 bridgehead atoms. The van der Waals surface area contributed by atoms with E-state index in [1.165, 1.54) is 0 Å². The van der Waals surface area contributed by atoms with E-state index in [1.807, 2.05) is 19.0 Å². The Morgan fingerprint density at radius 1 is 1.31 bits per heavy atom. The van der Waals surface area contributed by atoms with Crippen molar-refractivity contribution >= 4 is 23.3 Å². The Morgan fingerprint density at radius 3 is 2.50 bits per heavy atom. The number of hydrogen-bond acceptors (Lipinski definition) is 2. The molecule has 0 aliphatic rings. The van der Waals surface area contributed by atoms with Gasteiger partial charge in [-0.1, -0.05) is 11.6 Å². The van der Waals surface area contributed by atoms with Crippen LogP contribution in [-0.4, -0.2) is 38.1 Å². The summed E-state index contributed by atoms with van der Waals surface area (Å²) >= 11 is 5.73. The number of benzene rings is 1. The average molecular weight is 242 g/mol. The number of anilines is 1. The van der Waals surface area contributed by atoms with Crippen LogP contribution in [0.4, 0.5) is 10.5 Å². The monoisotopic (exact) mass is 241 g/mol. The number of nitrogens with one attached hydrogen (secondary N) is 2. The largest absolute Gasteiger partial charge is 0.337 e. The molecule has 0 saturated heterocycles. The number of rotatable bonds is 4. The SMILES string of the molecule is CN(C)CCNC(=O)Nc1ccc(Cl)cc1. The average Bonchev–Trinajstić information content (AvgIpc) is 2.21. The molecule has 0 aromatic heterocycles. The van der Waals surface area contributed by atoms with Gasteiger partial charge in [-0.3, -0.25) is 0 Å². The fraction of sp³-hybridized carbons (Fsp3) is 0.364. The van der Waals surface area contributed by atoms with Gasteiger partial charge in [0, 0.05) is 23.8 Å². The Morgan fingerprint density at radius 2 is 1.94 bits per heavy atom. The van der Waals surface area contributed by atoms with Gasteiger partial charge in [-0.05, 0) is 38.4 Å². The molecule has 0 unspecified atom stereocenters. The van der Waals surface area contributed by atoms with Crippen LogP contribution in [0.3, 0.4) is 0 Å². The third-order valence-electron chi connectivity index (χ3n) is 1.95. The van der Waals surface area contributed by atoms with Crippen molar-refractivity contribution in [3.8, 4) is 0 Å². The van der Waals surface area contributed by atoms with Crippen molar-refractivity contribution in [1.82, 2.24) is 10.2 Å². The molecule has 0 fully saturated rings. The zero-order chi connectivity index (χ0) is 12.0. The summed E-state index contributed by atoms with van der Waals surface area (Å²) in [6.45, 7) is 1.43. The lowest BCUT2D eigenvalue weighted by atomic mass is 10.3. The number of nitrogens with zero attached hydrogens (tertiary/aromatic N) is 1. The summed E-state index contributed by atoms with van der Waals surface area (Å²) in [7, 11) is 3.91. The molecule has 2 amide bonds. The van der Waals surface area contributed by atoms with Gasteiger partial charge in [0.15, 0.2) is 0 Å². The van der Waals surface area contributed by atoms with Gasteiger partial charge in [0.05, 0.1) is 0 Å². The van der Waals surface area contributed by atoms with Gasteiger partial charge in [0.1, 0.15) is 0 Å². The maximum atomic E-state index is 11.4. The van der Waals surface area contributed by atoms with E-state index in [1.54, 1.807) is 24.3 Å². The maximum absolute atomic E-state index is 11.4. The molecular formula is C11H16ClN3O. The minimum atomic E-state index is -0.204. The number of carbonyl (C=O) groups is 1. The molecule has 0 saturated carbocycles. The lowest BCUT2D eigenvalue weighted by molar-refractivity contribution is 0.250. The highest BCUT2D eigenvalue weighted by molar-refractivity contribution is 6.30. The number of amides is 2. The van der Waals surface area contributed by atoms with E-state index >= 15 is 0 Å². The van der Waals surface area contributed by atoms with Gasteiger partial charge in [0.25, 0.3) is 0 Å². The summed E-state index contributed by atoms with van der Waals surface area (Å²) in [5.41, 5.74) is 0.728. The lowest BCUT2D eigenvalue weighted by Crippen LogP contribution is -2.34. The smallest absolute Gasteiger partial charge is 0.319 e. The molecule has 88 valence electrons. The van der Waals surface area contributed by atoms with Crippen LogP contribution in [0.2, 0.25) is 5.02 Å². The first-order valence-electron chi connectivity index (χ1n) is 5.03. The summed E-state index contributed by atoms with van der Waals surface area (Å²) in [5, 5.41) is 6.12. The molecule has 2 N–H and O–H groups in total. The predicted octanol–water partition coefficient (Wildman–Crippen LogP) is 2.02. The van der Waals surface area contributed by atoms with Crippen LogP contribution < -0.4 is 10.6 Å². The maximum Gasteiger partial charge on any atom is 0.319 e. The van der Waals surface area contributed by atoms with Crippen LogP contribution in [0.1, 0.15) is 0 Å². The Kier molecular flexibility index (Phi) is 5.08. The van der Waals surface area contributed by atoms with Crippen LogP contribution in [0.5, 0.6) is 0 Å². The molecule has 1 aromatic rings. The summed E-state index contributed by atoms with van der Waals surface area (Å²) < 4.78 is 0. The Bertz CT molecular complexity index is 338. The molecule has 5 heteroatoms. The van der Waals surface area contributed by atoms with Crippen LogP contribution in [-0.2, 0) is 0 Å². The minimum absolute atomic E-state index is 0.204. The highest BCUT2D eigenvalue weighted by Gasteiger charge is 2.00. The first kappa shape index (κ1) is 12.8. The first-order chi connectivity index (χ1) is 7.58. The van der Waals surface area contributed by atoms with Crippen molar-refractivity contribution in [3.63, 3.8) is 0 Å². The highest BCUT2D eigenvalue weighted by Crippen LogP contribution is 2.12. The second-order valence-corrected chi connectivity index (χ2v) is 4.13. The normalized spacial score (nSPS) is 10.2. The van der Waals surface area contributed by atoms with Crippen LogP contribution >= 0.6 is 11.6 Å². The Balaban J connectivity index is 2.31. The number of hydrogen-bond donors (Lipinski definition) is 2. The summed E-state index contributed by atoms with van der Waals surface area (Å²) in [4.78, 5) is 13.4. The van der Waals surface area contributed by atoms with Crippen LogP contribution in [0.15, 0.2) is 24.3 Å². The zero-order valence-corrected chi connectivity index (χ0v) is 10.2. The van der Waals surface area contributed by atoms with E-state index < -0.39 is 0 Å². The fourth-order valence-electron chi connectivity index (χ4n) is 1.10. The van der Waals surface area contributed by atoms with E-state index in [4.69, 9.17) is 11.6 Å². The second kappa shape index (κ2) is 6.35. The third-order valence-corrected chi connectivity index (χ3v) is 2.20. The molecule has 16 heavy (non-hydrogen) atoms. The Hall–Kier alpha value is -1.26. The quantitative estimate of drug-likeness (QED) is 0.847. The van der Waals surface area contributed by atoms with Crippen molar-refractivity contribution < 1.29 is 4.79 Å². The highest BCUT2D eigenvalue weighted by atomic mass is 35.5. The van der Waals surface area contributed by atoms with Gasteiger partial charge in [-0.15, -0.1) is 0 Å². The topological polar surface area (TPSA) is 44.4 Å². The minimum Gasteiger partial charge on any atom is -0.337 e. The molecule has 0 radical (unpaired) electrons. The molecule has 4 nitrogen and oxygen atoms in total. The lowest BCUT2D eigenvalue weighted by Gasteiger charge is -2.11. The van der Waals surface area contributed by atoms with Crippen molar-refractivity contribution in [2.75, 3.05) is 32.5 Å². The molecule has 0 heterocycles. The molecule has 1 rings (SSSR count). The number of halogens is 1. The molecule has 1 aromatic carbocycles. The van der Waals surface area contributed by atoms with E-state index in [-0.39, 0.29) is 6.03 Å². The van der Waals surface area contributed by atoms with Crippen molar-refractivity contribution in [1.29, 1.82) is 0 Å². The summed E-state index contributed by atoms with van der Waals surface area (Å²) in [5.74, 6) is 0. The molecule has 0 aliphatic heterocycles. The number of likely N-dealkylation sites (N-methyl/N-ethyl adjacent to an activating group) is 1. The predicted molar refractivity (Wildman–Crippen MR) is 67.0 cm³/mol. The second-order valence-electron chi connectivity index (χ2n) is 3.69. The third kappa shape index (κ3) is 5.00. The van der Waals surface area contributed by atoms with Gasteiger partial charge in [-0.2, -0.15) is 0 Å². The zero-order valence-electron chi connectivity index (χ0n) is 9.46. The summed E-state index contributed by atoms with van der Waals surface area (Å²) in [6, 6.07) is 6.78. The Labute approximate surface area is 101 Å². The molecule has 0 spiro atoms. The van der Waals surface area contributed by atoms with E-state index in [9.17, 15) is 4.79 Å². The fourth-order valence-corrected chi connectivity index (χ4v) is 1.23. The van der Waals surface area contributed by atoms with Gasteiger partial charge >= 0.3 is 6.03 Å².